The van der Waals surface area contributed by atoms with E-state index >= 15 is 0 Å². The highest BCUT2D eigenvalue weighted by atomic mass is 32.1. The van der Waals surface area contributed by atoms with Crippen LogP contribution in [0.5, 0.6) is 0 Å². The molecule has 0 radical (unpaired) electrons. The maximum Gasteiger partial charge on any atom is 0.194 e. The second-order valence-electron chi connectivity index (χ2n) is 6.60. The molecule has 1 aromatic carbocycles. The van der Waals surface area contributed by atoms with Gasteiger partial charge in [-0.1, -0.05) is 30.3 Å². The van der Waals surface area contributed by atoms with Crippen LogP contribution < -0.4 is 0 Å². The number of rotatable bonds is 5. The highest BCUT2D eigenvalue weighted by Gasteiger charge is 2.22. The Morgan fingerprint density at radius 2 is 1.83 bits per heavy atom. The lowest BCUT2D eigenvalue weighted by atomic mass is 10.1. The minimum atomic E-state index is -0.00222. The Hall–Kier alpha value is -3.58. The monoisotopic (exact) mass is 398 g/mol. The molecule has 0 fully saturated rings. The second kappa shape index (κ2) is 7.44. The average Bonchev–Trinajstić information content (AvgIpc) is 3.54. The molecule has 0 spiro atoms. The largest absolute Gasteiger partial charge is 0.320 e. The lowest BCUT2D eigenvalue weighted by Gasteiger charge is -2.18. The van der Waals surface area contributed by atoms with Gasteiger partial charge in [0.1, 0.15) is 6.33 Å². The summed E-state index contributed by atoms with van der Waals surface area (Å²) in [4.78, 5) is 17.8. The predicted octanol–water partition coefficient (Wildman–Crippen LogP) is 4.86. The normalized spacial score (nSPS) is 12.2. The Bertz CT molecular complexity index is 1210. The fourth-order valence-electron chi connectivity index (χ4n) is 3.48. The Balaban J connectivity index is 1.73. The molecule has 5 rings (SSSR count). The van der Waals surface area contributed by atoms with Crippen LogP contribution in [0.3, 0.4) is 0 Å². The van der Waals surface area contributed by atoms with Crippen molar-refractivity contribution in [1.82, 2.24) is 29.1 Å². The Kier molecular flexibility index (Phi) is 4.50. The number of hydrogen-bond donors (Lipinski definition) is 0. The van der Waals surface area contributed by atoms with Crippen LogP contribution in [0.25, 0.3) is 27.8 Å². The van der Waals surface area contributed by atoms with Crippen LogP contribution in [0.1, 0.15) is 18.7 Å². The van der Waals surface area contributed by atoms with Gasteiger partial charge in [0.25, 0.3) is 0 Å². The standard InChI is InChI=1S/C22H18N6S/c1-16(18-9-10-23-14-25-18)28-15-26-20(17-6-3-2-4-7-17)21(28)19-8-5-12-27(19)22-24-11-13-29-22/h2-16H,1H3/t16-/m1/s1. The Morgan fingerprint density at radius 3 is 2.59 bits per heavy atom. The molecule has 6 nitrogen and oxygen atoms in total. The third kappa shape index (κ3) is 3.15. The third-order valence-corrected chi connectivity index (χ3v) is 5.68. The van der Waals surface area contributed by atoms with Crippen molar-refractivity contribution in [2.75, 3.05) is 0 Å². The molecule has 4 aromatic heterocycles. The van der Waals surface area contributed by atoms with Gasteiger partial charge in [-0.15, -0.1) is 11.3 Å². The summed E-state index contributed by atoms with van der Waals surface area (Å²) in [5.41, 5.74) is 5.01. The van der Waals surface area contributed by atoms with E-state index in [1.54, 1.807) is 23.9 Å². The van der Waals surface area contributed by atoms with Crippen LogP contribution >= 0.6 is 11.3 Å². The van der Waals surface area contributed by atoms with E-state index in [1.807, 2.05) is 54.4 Å². The van der Waals surface area contributed by atoms with Crippen molar-refractivity contribution in [3.05, 3.63) is 90.9 Å². The molecular weight excluding hydrogens is 380 g/mol. The maximum atomic E-state index is 4.80. The van der Waals surface area contributed by atoms with Crippen molar-refractivity contribution in [2.24, 2.45) is 0 Å². The molecular formula is C22H18N6S. The summed E-state index contributed by atoms with van der Waals surface area (Å²) in [5.74, 6) is 0. The van der Waals surface area contributed by atoms with E-state index in [4.69, 9.17) is 4.98 Å². The van der Waals surface area contributed by atoms with Gasteiger partial charge in [-0.05, 0) is 25.1 Å². The number of nitrogens with zero attached hydrogens (tertiary/aromatic N) is 6. The van der Waals surface area contributed by atoms with E-state index in [-0.39, 0.29) is 6.04 Å². The van der Waals surface area contributed by atoms with Crippen LogP contribution in [-0.2, 0) is 0 Å². The molecule has 0 saturated heterocycles. The van der Waals surface area contributed by atoms with Gasteiger partial charge in [0.05, 0.1) is 35.1 Å². The first-order valence-corrected chi connectivity index (χ1v) is 10.2. The van der Waals surface area contributed by atoms with Crippen molar-refractivity contribution in [2.45, 2.75) is 13.0 Å². The molecule has 142 valence electrons. The van der Waals surface area contributed by atoms with Crippen molar-refractivity contribution in [3.8, 4) is 27.8 Å². The fraction of sp³-hybridized carbons (Fsp3) is 0.0909. The van der Waals surface area contributed by atoms with Crippen LogP contribution in [0.15, 0.2) is 85.2 Å². The zero-order valence-electron chi connectivity index (χ0n) is 15.8. The second-order valence-corrected chi connectivity index (χ2v) is 7.48. The van der Waals surface area contributed by atoms with Gasteiger partial charge in [-0.3, -0.25) is 4.57 Å². The number of aromatic nitrogens is 6. The molecule has 0 aliphatic heterocycles. The van der Waals surface area contributed by atoms with E-state index in [9.17, 15) is 0 Å². The number of imidazole rings is 1. The van der Waals surface area contributed by atoms with E-state index in [0.717, 1.165) is 33.5 Å². The molecule has 0 unspecified atom stereocenters. The fourth-order valence-corrected chi connectivity index (χ4v) is 4.12. The Labute approximate surface area is 172 Å². The average molecular weight is 398 g/mol. The van der Waals surface area contributed by atoms with Gasteiger partial charge in [-0.25, -0.2) is 19.9 Å². The van der Waals surface area contributed by atoms with Crippen LogP contribution in [-0.4, -0.2) is 29.1 Å². The summed E-state index contributed by atoms with van der Waals surface area (Å²) in [6.45, 7) is 2.12. The van der Waals surface area contributed by atoms with E-state index in [2.05, 4.69) is 49.2 Å². The van der Waals surface area contributed by atoms with Crippen LogP contribution in [0.4, 0.5) is 0 Å². The minimum absolute atomic E-state index is 0.00222. The van der Waals surface area contributed by atoms with Crippen molar-refractivity contribution < 1.29 is 0 Å². The first kappa shape index (κ1) is 17.5. The lowest BCUT2D eigenvalue weighted by Crippen LogP contribution is -2.10. The van der Waals surface area contributed by atoms with Crippen LogP contribution in [0.2, 0.25) is 0 Å². The van der Waals surface area contributed by atoms with Gasteiger partial charge < -0.3 is 4.57 Å². The SMILES string of the molecule is C[C@H](c1ccncn1)n1cnc(-c2ccccc2)c1-c1cccn1-c1nccs1. The van der Waals surface area contributed by atoms with Gasteiger partial charge in [-0.2, -0.15) is 0 Å². The lowest BCUT2D eigenvalue weighted by molar-refractivity contribution is 0.622. The summed E-state index contributed by atoms with van der Waals surface area (Å²) in [5, 5.41) is 2.91. The van der Waals surface area contributed by atoms with E-state index < -0.39 is 0 Å². The molecule has 4 heterocycles. The molecule has 0 aliphatic rings. The third-order valence-electron chi connectivity index (χ3n) is 4.91. The highest BCUT2D eigenvalue weighted by Crippen LogP contribution is 2.36. The van der Waals surface area contributed by atoms with Crippen LogP contribution in [0, 0.1) is 0 Å². The zero-order valence-corrected chi connectivity index (χ0v) is 16.6. The number of hydrogen-bond acceptors (Lipinski definition) is 5. The minimum Gasteiger partial charge on any atom is -0.320 e. The molecule has 5 aromatic rings. The molecule has 1 atom stereocenters. The highest BCUT2D eigenvalue weighted by molar-refractivity contribution is 7.12. The Morgan fingerprint density at radius 1 is 0.931 bits per heavy atom. The summed E-state index contributed by atoms with van der Waals surface area (Å²) >= 11 is 1.61. The molecule has 0 amide bonds. The molecule has 29 heavy (non-hydrogen) atoms. The quantitative estimate of drug-likeness (QED) is 0.424. The predicted molar refractivity (Wildman–Crippen MR) is 114 cm³/mol. The number of thiazole rings is 1. The molecule has 0 N–H and O–H groups in total. The van der Waals surface area contributed by atoms with E-state index in [1.165, 1.54) is 0 Å². The van der Waals surface area contributed by atoms with Crippen molar-refractivity contribution in [1.29, 1.82) is 0 Å². The van der Waals surface area contributed by atoms with Gasteiger partial charge in [0.2, 0.25) is 0 Å². The summed E-state index contributed by atoms with van der Waals surface area (Å²) in [7, 11) is 0. The summed E-state index contributed by atoms with van der Waals surface area (Å²) < 4.78 is 4.28. The van der Waals surface area contributed by atoms with Gasteiger partial charge in [0, 0.05) is 29.5 Å². The van der Waals surface area contributed by atoms with Gasteiger partial charge >= 0.3 is 0 Å². The smallest absolute Gasteiger partial charge is 0.194 e. The topological polar surface area (TPSA) is 61.4 Å². The first-order valence-electron chi connectivity index (χ1n) is 9.28. The molecule has 0 aliphatic carbocycles. The number of benzene rings is 1. The molecule has 0 saturated carbocycles. The van der Waals surface area contributed by atoms with E-state index in [0.29, 0.717) is 0 Å². The van der Waals surface area contributed by atoms with Gasteiger partial charge in [0.15, 0.2) is 5.13 Å². The summed E-state index contributed by atoms with van der Waals surface area (Å²) in [6, 6.07) is 16.3. The molecule has 7 heteroatoms. The maximum absolute atomic E-state index is 4.80. The summed E-state index contributed by atoms with van der Waals surface area (Å²) in [6.07, 6.45) is 9.10. The molecule has 0 bridgehead atoms. The van der Waals surface area contributed by atoms with Crippen molar-refractivity contribution >= 4 is 11.3 Å². The zero-order chi connectivity index (χ0) is 19.6. The first-order chi connectivity index (χ1) is 14.3. The van der Waals surface area contributed by atoms with Crippen molar-refractivity contribution in [3.63, 3.8) is 0 Å².